The number of rotatable bonds is 7. The molecular weight excluding hydrogens is 701 g/mol. The molecule has 8 rings (SSSR count). The SMILES string of the molecule is COc1c2c3c4c(c(OC)c(=O)c5c6c(c(OC)c(c7c(OC)c8c(c(c1=O)c37)=NC(C(=O)O)CS8)c54)SCC(C(=O)O)N=6)C(C(C)=O)=C(C)C2. The average molecular weight is 729 g/mol. The minimum absolute atomic E-state index is 0.0264. The van der Waals surface area contributed by atoms with E-state index in [1.165, 1.54) is 58.9 Å². The Labute approximate surface area is 295 Å². The number of allylic oxidation sites excluding steroid dienone is 2. The molecule has 0 saturated heterocycles. The van der Waals surface area contributed by atoms with E-state index in [0.717, 1.165) is 0 Å². The molecule has 15 heteroatoms. The lowest BCUT2D eigenvalue weighted by Crippen LogP contribution is -2.32. The van der Waals surface area contributed by atoms with Gasteiger partial charge in [-0.2, -0.15) is 0 Å². The van der Waals surface area contributed by atoms with Crippen LogP contribution in [0.25, 0.3) is 48.7 Å². The monoisotopic (exact) mass is 728 g/mol. The number of Topliss-reactive ketones (excluding diaryl/α,β-unsaturated/α-hetero) is 1. The lowest BCUT2D eigenvalue weighted by atomic mass is 9.83. The minimum Gasteiger partial charge on any atom is -0.495 e. The summed E-state index contributed by atoms with van der Waals surface area (Å²) in [7, 11) is 5.59. The first-order valence-electron chi connectivity index (χ1n) is 15.7. The van der Waals surface area contributed by atoms with E-state index >= 15 is 0 Å². The Morgan fingerprint density at radius 2 is 1.10 bits per heavy atom. The smallest absolute Gasteiger partial charge is 0.329 e. The summed E-state index contributed by atoms with van der Waals surface area (Å²) in [6, 6.07) is -2.32. The number of benzene rings is 5. The molecule has 3 aliphatic rings. The molecule has 2 heterocycles. The highest BCUT2D eigenvalue weighted by Gasteiger charge is 2.39. The van der Waals surface area contributed by atoms with Gasteiger partial charge in [0.05, 0.1) is 59.7 Å². The molecule has 260 valence electrons. The second kappa shape index (κ2) is 11.4. The van der Waals surface area contributed by atoms with Crippen molar-refractivity contribution < 1.29 is 43.5 Å². The number of methoxy groups -OCH3 is 4. The molecule has 5 aromatic rings. The Morgan fingerprint density at radius 3 is 1.53 bits per heavy atom. The molecule has 0 bridgehead atoms. The van der Waals surface area contributed by atoms with Crippen LogP contribution in [0.1, 0.15) is 25.0 Å². The summed E-state index contributed by atoms with van der Waals surface area (Å²) < 4.78 is 24.0. The minimum atomic E-state index is -1.17. The number of carboxylic acids is 2. The van der Waals surface area contributed by atoms with E-state index in [4.69, 9.17) is 18.9 Å². The van der Waals surface area contributed by atoms with Gasteiger partial charge in [-0.1, -0.05) is 5.57 Å². The van der Waals surface area contributed by atoms with Crippen molar-refractivity contribution in [2.45, 2.75) is 42.1 Å². The molecule has 1 aliphatic carbocycles. The molecule has 0 radical (unpaired) electrons. The van der Waals surface area contributed by atoms with Gasteiger partial charge in [0.15, 0.2) is 29.4 Å². The van der Waals surface area contributed by atoms with Crippen LogP contribution in [0.5, 0.6) is 23.0 Å². The van der Waals surface area contributed by atoms with Crippen LogP contribution in [0.4, 0.5) is 0 Å². The Hall–Kier alpha value is -5.15. The number of carbonyl (C=O) groups is 3. The summed E-state index contributed by atoms with van der Waals surface area (Å²) in [5, 5.41) is 22.7. The second-order valence-corrected chi connectivity index (χ2v) is 14.5. The number of nitrogens with zero attached hydrogens (tertiary/aromatic N) is 2. The van der Waals surface area contributed by atoms with E-state index < -0.39 is 34.9 Å². The molecule has 51 heavy (non-hydrogen) atoms. The van der Waals surface area contributed by atoms with E-state index in [9.17, 15) is 34.2 Å². The fourth-order valence-corrected chi connectivity index (χ4v) is 10.3. The zero-order chi connectivity index (χ0) is 36.4. The molecular formula is C36H28N2O11S2. The number of thioether (sulfide) groups is 2. The van der Waals surface area contributed by atoms with Gasteiger partial charge in [-0.25, -0.2) is 9.59 Å². The average Bonchev–Trinajstić information content (AvgIpc) is 3.23. The Balaban J connectivity index is 1.87. The van der Waals surface area contributed by atoms with Crippen LogP contribution in [0, 0.1) is 0 Å². The normalized spacial score (nSPS) is 18.0. The van der Waals surface area contributed by atoms with Crippen molar-refractivity contribution in [1.29, 1.82) is 0 Å². The third-order valence-electron chi connectivity index (χ3n) is 9.89. The maximum atomic E-state index is 14.9. The summed E-state index contributed by atoms with van der Waals surface area (Å²) in [5.74, 6) is -2.17. The number of carbonyl (C=O) groups excluding carboxylic acids is 1. The van der Waals surface area contributed by atoms with Crippen molar-refractivity contribution in [3.05, 3.63) is 47.9 Å². The summed E-state index contributed by atoms with van der Waals surface area (Å²) in [4.78, 5) is 77.8. The predicted octanol–water partition coefficient (Wildman–Crippen LogP) is 3.21. The molecule has 5 aromatic carbocycles. The Morgan fingerprint density at radius 1 is 0.647 bits per heavy atom. The standard InChI is InChI=1S/C36H28N2O11S2/c1-10-7-12-16-17-19-22(21-18(16)23(27(40)29(12)46-3)25-33(31(21)48-5)50-8-13(37-25)35(42)43)32(49-6)34-26(38-14(9-51-34)36(44)45)24(19)28(41)30(47-4)20(17)15(10)11(2)39/h13-14H,7-9H2,1-6H3,(H,42,43)(H,44,45). The molecule has 0 amide bonds. The molecule has 0 spiro atoms. The molecule has 0 fully saturated rings. The number of carboxylic acid groups (broad SMARTS) is 2. The van der Waals surface area contributed by atoms with Crippen molar-refractivity contribution in [3.63, 3.8) is 0 Å². The van der Waals surface area contributed by atoms with Crippen LogP contribution in [-0.4, -0.2) is 80.0 Å². The van der Waals surface area contributed by atoms with Crippen molar-refractivity contribution >= 4 is 89.9 Å². The van der Waals surface area contributed by atoms with E-state index in [-0.39, 0.29) is 73.6 Å². The van der Waals surface area contributed by atoms with Gasteiger partial charge in [0.2, 0.25) is 10.9 Å². The topological polar surface area (TPSA) is 187 Å². The summed E-state index contributed by atoms with van der Waals surface area (Å²) in [5.41, 5.74) is 0.282. The lowest BCUT2D eigenvalue weighted by molar-refractivity contribution is -0.138. The van der Waals surface area contributed by atoms with Gasteiger partial charge in [-0.15, -0.1) is 23.5 Å². The summed E-state index contributed by atoms with van der Waals surface area (Å²) in [6.07, 6.45) is 0.0767. The van der Waals surface area contributed by atoms with Crippen molar-refractivity contribution in [2.75, 3.05) is 39.9 Å². The first-order valence-corrected chi connectivity index (χ1v) is 17.7. The van der Waals surface area contributed by atoms with Gasteiger partial charge >= 0.3 is 11.9 Å². The van der Waals surface area contributed by atoms with Gasteiger partial charge in [-0.3, -0.25) is 24.4 Å². The van der Waals surface area contributed by atoms with Crippen molar-refractivity contribution in [1.82, 2.24) is 0 Å². The first kappa shape index (κ1) is 33.0. The van der Waals surface area contributed by atoms with Crippen LogP contribution in [0.2, 0.25) is 0 Å². The lowest BCUT2D eigenvalue weighted by Gasteiger charge is -2.27. The second-order valence-electron chi connectivity index (χ2n) is 12.5. The van der Waals surface area contributed by atoms with Gasteiger partial charge in [-0.05, 0) is 25.7 Å². The zero-order valence-corrected chi connectivity index (χ0v) is 29.7. The van der Waals surface area contributed by atoms with Crippen LogP contribution in [0.3, 0.4) is 0 Å². The fraction of sp³-hybridized carbons (Fsp3) is 0.306. The van der Waals surface area contributed by atoms with Crippen LogP contribution >= 0.6 is 23.5 Å². The highest BCUT2D eigenvalue weighted by atomic mass is 32.2. The number of hydrogen-bond donors (Lipinski definition) is 2. The van der Waals surface area contributed by atoms with E-state index in [1.807, 2.05) is 0 Å². The van der Waals surface area contributed by atoms with Crippen LogP contribution in [-0.2, 0) is 20.8 Å². The predicted molar refractivity (Wildman–Crippen MR) is 191 cm³/mol. The number of ketones is 1. The molecule has 0 aromatic heterocycles. The third kappa shape index (κ3) is 4.15. The molecule has 13 nitrogen and oxygen atoms in total. The van der Waals surface area contributed by atoms with E-state index in [0.29, 0.717) is 59.0 Å². The molecule has 0 saturated carbocycles. The first-order chi connectivity index (χ1) is 24.4. The Kier molecular flexibility index (Phi) is 7.40. The quantitative estimate of drug-likeness (QED) is 0.184. The maximum Gasteiger partial charge on any atom is 0.329 e. The zero-order valence-electron chi connectivity index (χ0n) is 28.1. The highest BCUT2D eigenvalue weighted by Crippen LogP contribution is 2.55. The van der Waals surface area contributed by atoms with Gasteiger partial charge in [0.25, 0.3) is 0 Å². The van der Waals surface area contributed by atoms with Crippen molar-refractivity contribution in [2.24, 2.45) is 9.98 Å². The number of ether oxygens (including phenoxy) is 4. The van der Waals surface area contributed by atoms with Crippen LogP contribution < -0.4 is 40.5 Å². The van der Waals surface area contributed by atoms with E-state index in [2.05, 4.69) is 9.98 Å². The molecule has 2 N–H and O–H groups in total. The van der Waals surface area contributed by atoms with Crippen LogP contribution in [0.15, 0.2) is 34.9 Å². The number of aliphatic carboxylic acids is 2. The van der Waals surface area contributed by atoms with Gasteiger partial charge in [0.1, 0.15) is 11.5 Å². The summed E-state index contributed by atoms with van der Waals surface area (Å²) >= 11 is 2.36. The number of fused-ring (bicyclic) bond motifs is 5. The highest BCUT2D eigenvalue weighted by molar-refractivity contribution is 7.99. The molecule has 2 unspecified atom stereocenters. The molecule has 2 aliphatic heterocycles. The Bertz CT molecular complexity index is 2780. The molecule has 2 atom stereocenters. The fourth-order valence-electron chi connectivity index (χ4n) is 8.04. The third-order valence-corrected chi connectivity index (χ3v) is 12.2. The van der Waals surface area contributed by atoms with E-state index in [1.54, 1.807) is 6.92 Å². The van der Waals surface area contributed by atoms with Gasteiger partial charge < -0.3 is 29.2 Å². The van der Waals surface area contributed by atoms with Gasteiger partial charge in [0, 0.05) is 55.1 Å². The van der Waals surface area contributed by atoms with Crippen molar-refractivity contribution in [3.8, 4) is 23.0 Å². The number of hydrogen-bond acceptors (Lipinski definition) is 13. The largest absolute Gasteiger partial charge is 0.495 e. The summed E-state index contributed by atoms with van der Waals surface area (Å²) in [6.45, 7) is 3.13. The maximum absolute atomic E-state index is 14.9.